The molecule has 1 saturated heterocycles. The van der Waals surface area contributed by atoms with E-state index in [4.69, 9.17) is 28.4 Å². The number of rotatable bonds is 40. The first kappa shape index (κ1) is 71.3. The van der Waals surface area contributed by atoms with Crippen LogP contribution >= 0.6 is 0 Å². The lowest BCUT2D eigenvalue weighted by molar-refractivity contribution is -0.145. The summed E-state index contributed by atoms with van der Waals surface area (Å²) in [4.78, 5) is 118. The molecule has 29 nitrogen and oxygen atoms in total. The second-order valence-corrected chi connectivity index (χ2v) is 18.4. The number of pyridine rings is 1. The summed E-state index contributed by atoms with van der Waals surface area (Å²) in [5.74, 6) is -16.1. The Balaban J connectivity index is 1.32. The molecule has 33 heteroatoms. The number of nitrogens with zero attached hydrogens (tertiary/aromatic N) is 6. The Hall–Kier alpha value is -6.95. The molecule has 0 radical (unpaired) electrons. The van der Waals surface area contributed by atoms with Crippen LogP contribution in [0.5, 0.6) is 5.75 Å². The van der Waals surface area contributed by atoms with E-state index in [1.54, 1.807) is 4.90 Å². The Morgan fingerprint density at radius 1 is 0.548 bits per heavy atom. The van der Waals surface area contributed by atoms with E-state index in [2.05, 4.69) is 15.4 Å². The minimum atomic E-state index is -1.84. The van der Waals surface area contributed by atoms with Gasteiger partial charge in [0.25, 0.3) is 11.5 Å². The summed E-state index contributed by atoms with van der Waals surface area (Å²) in [7, 11) is 0. The molecule has 0 saturated carbocycles. The van der Waals surface area contributed by atoms with Crippen molar-refractivity contribution in [1.82, 2.24) is 39.9 Å². The minimum Gasteiger partial charge on any atom is -0.480 e. The van der Waals surface area contributed by atoms with Gasteiger partial charge in [0.2, 0.25) is 29.2 Å². The zero-order chi connectivity index (χ0) is 61.8. The Kier molecular flexibility index (Phi) is 34.2. The average Bonchev–Trinajstić information content (AvgIpc) is 3.45. The summed E-state index contributed by atoms with van der Waals surface area (Å²) in [6.07, 6.45) is -0.906. The highest BCUT2D eigenvalue weighted by Gasteiger charge is 2.29. The molecular weight excluding hydrogens is 1140 g/mol. The number of esters is 1. The number of hydrogen-bond donors (Lipinski definition) is 7. The van der Waals surface area contributed by atoms with Crippen LogP contribution in [-0.2, 0) is 62.0 Å². The van der Waals surface area contributed by atoms with Crippen LogP contribution in [0.25, 0.3) is 0 Å². The fourth-order valence-corrected chi connectivity index (χ4v) is 7.92. The van der Waals surface area contributed by atoms with E-state index in [9.17, 15) is 86.3 Å². The number of aliphatic carboxylic acids is 4. The highest BCUT2D eigenvalue weighted by Crippen LogP contribution is 2.27. The molecular formula is C51H74F4N8O21. The highest BCUT2D eigenvalue weighted by molar-refractivity contribution is 5.92. The van der Waals surface area contributed by atoms with Crippen LogP contribution in [0.15, 0.2) is 29.1 Å². The summed E-state index contributed by atoms with van der Waals surface area (Å²) >= 11 is 0. The monoisotopic (exact) mass is 1210 g/mol. The Morgan fingerprint density at radius 2 is 0.988 bits per heavy atom. The van der Waals surface area contributed by atoms with Gasteiger partial charge >= 0.3 is 29.8 Å². The van der Waals surface area contributed by atoms with Gasteiger partial charge in [0.05, 0.1) is 105 Å². The topological polar surface area (TPSA) is 365 Å². The zero-order valence-corrected chi connectivity index (χ0v) is 46.3. The van der Waals surface area contributed by atoms with Crippen molar-refractivity contribution in [3.63, 3.8) is 0 Å². The van der Waals surface area contributed by atoms with Gasteiger partial charge in [0.15, 0.2) is 11.6 Å². The van der Waals surface area contributed by atoms with Crippen LogP contribution in [-0.4, -0.2) is 286 Å². The number of halogens is 4. The van der Waals surface area contributed by atoms with Crippen molar-refractivity contribution in [2.45, 2.75) is 31.7 Å². The summed E-state index contributed by atoms with van der Waals surface area (Å²) < 4.78 is 90.7. The third-order valence-electron chi connectivity index (χ3n) is 12.2. The van der Waals surface area contributed by atoms with Gasteiger partial charge in [0.1, 0.15) is 11.7 Å². The summed E-state index contributed by atoms with van der Waals surface area (Å²) in [5.41, 5.74) is -1.23. The molecule has 1 fully saturated rings. The molecule has 1 atom stereocenters. The molecule has 2 aromatic rings. The van der Waals surface area contributed by atoms with E-state index < -0.39 is 102 Å². The quantitative estimate of drug-likeness (QED) is 0.00998. The molecule has 0 spiro atoms. The molecule has 472 valence electrons. The number of hydrogen-bond acceptors (Lipinski definition) is 21. The van der Waals surface area contributed by atoms with Crippen molar-refractivity contribution >= 4 is 47.6 Å². The smallest absolute Gasteiger partial charge is 0.320 e. The minimum absolute atomic E-state index is 0.0137. The van der Waals surface area contributed by atoms with Crippen molar-refractivity contribution in [3.05, 3.63) is 63.6 Å². The molecule has 3 rings (SSSR count). The molecule has 1 aliphatic heterocycles. The zero-order valence-electron chi connectivity index (χ0n) is 46.3. The van der Waals surface area contributed by atoms with Gasteiger partial charge in [-0.25, -0.2) is 8.78 Å². The van der Waals surface area contributed by atoms with Gasteiger partial charge in [-0.3, -0.25) is 62.8 Å². The van der Waals surface area contributed by atoms with E-state index >= 15 is 0 Å². The first-order valence-corrected chi connectivity index (χ1v) is 26.7. The first-order valence-electron chi connectivity index (χ1n) is 26.7. The number of aromatic nitrogens is 1. The maximum atomic E-state index is 13.6. The Labute approximate surface area is 479 Å². The summed E-state index contributed by atoms with van der Waals surface area (Å²) in [6, 6.07) is 2.27. The first-order chi connectivity index (χ1) is 40.2. The van der Waals surface area contributed by atoms with E-state index in [0.717, 1.165) is 6.07 Å². The Morgan fingerprint density at radius 3 is 1.49 bits per heavy atom. The predicted molar refractivity (Wildman–Crippen MR) is 280 cm³/mol. The fraction of sp³-hybridized carbons (Fsp3) is 0.627. The van der Waals surface area contributed by atoms with E-state index in [1.165, 1.54) is 31.7 Å². The van der Waals surface area contributed by atoms with Crippen molar-refractivity contribution in [2.24, 2.45) is 0 Å². The highest BCUT2D eigenvalue weighted by atomic mass is 19.2. The fourth-order valence-electron chi connectivity index (χ4n) is 7.92. The van der Waals surface area contributed by atoms with Crippen LogP contribution in [0.1, 0.15) is 36.2 Å². The number of ether oxygens (including phenoxy) is 7. The molecule has 3 amide bonds. The van der Waals surface area contributed by atoms with Crippen molar-refractivity contribution < 1.29 is 115 Å². The lowest BCUT2D eigenvalue weighted by Crippen LogP contribution is -2.52. The molecule has 1 aromatic carbocycles. The van der Waals surface area contributed by atoms with E-state index in [0.29, 0.717) is 0 Å². The largest absolute Gasteiger partial charge is 0.480 e. The molecule has 0 bridgehead atoms. The number of benzene rings is 1. The molecule has 0 unspecified atom stereocenters. The predicted octanol–water partition coefficient (Wildman–Crippen LogP) is -1.49. The van der Waals surface area contributed by atoms with Gasteiger partial charge in [-0.2, -0.15) is 8.78 Å². The maximum absolute atomic E-state index is 13.6. The van der Waals surface area contributed by atoms with Crippen molar-refractivity contribution in [2.75, 3.05) is 177 Å². The summed E-state index contributed by atoms with van der Waals surface area (Å²) in [5, 5.41) is 54.5. The van der Waals surface area contributed by atoms with Crippen LogP contribution in [0, 0.1) is 23.3 Å². The van der Waals surface area contributed by atoms with Gasteiger partial charge in [-0.05, 0) is 12.5 Å². The number of carboxylic acids is 4. The maximum Gasteiger partial charge on any atom is 0.320 e. The number of carboxylic acid groups (broad SMARTS) is 4. The number of amides is 3. The van der Waals surface area contributed by atoms with Gasteiger partial charge in [0, 0.05) is 104 Å². The number of carbonyl (C=O) groups is 8. The van der Waals surface area contributed by atoms with E-state index in [-0.39, 0.29) is 206 Å². The molecule has 1 aliphatic rings. The molecule has 0 aliphatic carbocycles. The molecule has 1 aromatic heterocycles. The van der Waals surface area contributed by atoms with Crippen LogP contribution in [0.4, 0.5) is 17.6 Å². The van der Waals surface area contributed by atoms with Crippen molar-refractivity contribution in [3.8, 4) is 5.75 Å². The second-order valence-electron chi connectivity index (χ2n) is 18.4. The van der Waals surface area contributed by atoms with Gasteiger partial charge in [-0.1, -0.05) is 6.07 Å². The number of carbonyl (C=O) groups excluding carboxylic acids is 4. The van der Waals surface area contributed by atoms with Crippen LogP contribution in [0.2, 0.25) is 0 Å². The number of nitrogens with one attached hydrogen (secondary N) is 2. The summed E-state index contributed by atoms with van der Waals surface area (Å²) in [6.45, 7) is 0.470. The normalized spacial score (nSPS) is 14.4. The second kappa shape index (κ2) is 40.3. The Bertz CT molecular complexity index is 2430. The standard InChI is InChI=1S/C51H74F4N8O21/c52-36-32-37(53)48(55)49(47(36)54)84-46(73)7-21-79-25-29-82-28-24-78-20-6-41(65)57-9-22-80-26-30-83-31-27-81-23-19-62(50(74)38-2-1-3-42(66)63(38)77)10-8-56-40(64)5-4-39(51(75)76)61-17-15-59(34-44(69)70)13-11-58(33-43(67)68)12-14-60(16-18-61)35-45(71)72/h1-3,32,39,77H,4-31,33-35H2,(H,56,64)(H,57,65)(H,67,68)(H,69,70)(H,71,72)(H,75,76)/t39-/m1/s1. The van der Waals surface area contributed by atoms with Gasteiger partial charge in [-0.15, -0.1) is 4.73 Å². The lowest BCUT2D eigenvalue weighted by Gasteiger charge is -2.35. The van der Waals surface area contributed by atoms with E-state index in [1.807, 2.05) is 0 Å². The van der Waals surface area contributed by atoms with Crippen molar-refractivity contribution in [1.29, 1.82) is 0 Å². The molecule has 7 N–H and O–H groups in total. The lowest BCUT2D eigenvalue weighted by atomic mass is 10.1. The van der Waals surface area contributed by atoms with Gasteiger partial charge < -0.3 is 74.3 Å². The third kappa shape index (κ3) is 29.0. The third-order valence-corrected chi connectivity index (χ3v) is 12.2. The molecule has 2 heterocycles. The van der Waals surface area contributed by atoms with Crippen LogP contribution in [0.3, 0.4) is 0 Å². The average molecular weight is 1210 g/mol. The molecule has 84 heavy (non-hydrogen) atoms. The SMILES string of the molecule is O=C(O)CN1CCN(CC(=O)O)CCN([C@H](CCC(=O)NCCN(CCOCCOCCOCCNC(=O)CCOCCOCCOCCC(=O)Oc2c(F)c(F)cc(F)c2F)C(=O)c2cccc(=O)n2O)C(=O)O)CCN(CC(=O)O)CC1. The van der Waals surface area contributed by atoms with Crippen LogP contribution < -0.4 is 20.9 Å².